The average molecular weight is 277 g/mol. The molecule has 4 saturated carbocycles. The number of rotatable bonds is 2. The van der Waals surface area contributed by atoms with Crippen LogP contribution in [0, 0.1) is 23.2 Å². The number of hydrogen-bond acceptors (Lipinski definition) is 3. The summed E-state index contributed by atoms with van der Waals surface area (Å²) < 4.78 is 0. The van der Waals surface area contributed by atoms with Crippen LogP contribution in [0.4, 0.5) is 0 Å². The van der Waals surface area contributed by atoms with Gasteiger partial charge in [-0.15, -0.1) is 0 Å². The van der Waals surface area contributed by atoms with Crippen LogP contribution in [0.15, 0.2) is 0 Å². The van der Waals surface area contributed by atoms with Crippen LogP contribution in [0.1, 0.15) is 32.1 Å². The van der Waals surface area contributed by atoms with E-state index in [1.165, 1.54) is 39.0 Å². The van der Waals surface area contributed by atoms with Crippen molar-refractivity contribution in [1.82, 2.24) is 9.80 Å². The van der Waals surface area contributed by atoms with Crippen LogP contribution in [0.2, 0.25) is 0 Å². The van der Waals surface area contributed by atoms with Crippen LogP contribution in [-0.4, -0.2) is 55.0 Å². The van der Waals surface area contributed by atoms with Crippen molar-refractivity contribution >= 4 is 5.91 Å². The fraction of sp³-hybridized carbons (Fsp3) is 0.938. The first-order chi connectivity index (χ1) is 9.57. The number of likely N-dealkylation sites (N-methyl/N-ethyl adjacent to an activating group) is 1. The second-order valence-electron chi connectivity index (χ2n) is 7.94. The molecule has 0 radical (unpaired) electrons. The molecule has 5 aliphatic rings. The van der Waals surface area contributed by atoms with Crippen molar-refractivity contribution in [3.05, 3.63) is 0 Å². The van der Waals surface area contributed by atoms with Crippen LogP contribution in [-0.2, 0) is 4.79 Å². The van der Waals surface area contributed by atoms with E-state index in [1.807, 2.05) is 0 Å². The number of nitrogens with two attached hydrogens (primary N) is 1. The molecule has 4 bridgehead atoms. The Morgan fingerprint density at radius 3 is 2.20 bits per heavy atom. The second-order valence-corrected chi connectivity index (χ2v) is 7.94. The van der Waals surface area contributed by atoms with Crippen molar-refractivity contribution in [3.63, 3.8) is 0 Å². The monoisotopic (exact) mass is 277 g/mol. The van der Waals surface area contributed by atoms with Crippen molar-refractivity contribution in [2.45, 2.75) is 38.1 Å². The van der Waals surface area contributed by atoms with E-state index in [0.717, 1.165) is 43.1 Å². The SMILES string of the molecule is CN1CCN(C2C3CC4CC2CC(C(N)=O)(C4)C3)CC1. The maximum atomic E-state index is 12.0. The molecule has 2 atom stereocenters. The van der Waals surface area contributed by atoms with Gasteiger partial charge in [-0.25, -0.2) is 0 Å². The molecule has 20 heavy (non-hydrogen) atoms. The first-order valence-electron chi connectivity index (χ1n) is 8.30. The Morgan fingerprint density at radius 2 is 1.65 bits per heavy atom. The van der Waals surface area contributed by atoms with Crippen molar-refractivity contribution in [2.75, 3.05) is 33.2 Å². The molecule has 0 spiro atoms. The number of primary amides is 1. The van der Waals surface area contributed by atoms with Crippen molar-refractivity contribution in [1.29, 1.82) is 0 Å². The van der Waals surface area contributed by atoms with E-state index < -0.39 is 0 Å². The molecule has 5 rings (SSSR count). The summed E-state index contributed by atoms with van der Waals surface area (Å²) >= 11 is 0. The van der Waals surface area contributed by atoms with Gasteiger partial charge in [0.1, 0.15) is 0 Å². The average Bonchev–Trinajstić information content (AvgIpc) is 2.39. The number of nitrogens with zero attached hydrogens (tertiary/aromatic N) is 2. The van der Waals surface area contributed by atoms with Crippen molar-refractivity contribution < 1.29 is 4.79 Å². The number of carbonyl (C=O) groups excluding carboxylic acids is 1. The summed E-state index contributed by atoms with van der Waals surface area (Å²) in [5.41, 5.74) is 5.65. The van der Waals surface area contributed by atoms with Crippen LogP contribution < -0.4 is 5.73 Å². The molecule has 2 N–H and O–H groups in total. The van der Waals surface area contributed by atoms with E-state index in [4.69, 9.17) is 5.73 Å². The molecule has 0 aromatic rings. The van der Waals surface area contributed by atoms with E-state index in [9.17, 15) is 4.79 Å². The molecule has 1 aliphatic heterocycles. The molecule has 4 heteroatoms. The topological polar surface area (TPSA) is 49.6 Å². The zero-order chi connectivity index (χ0) is 13.9. The predicted molar refractivity (Wildman–Crippen MR) is 78.0 cm³/mol. The third-order valence-corrected chi connectivity index (χ3v) is 6.71. The Kier molecular flexibility index (Phi) is 2.90. The van der Waals surface area contributed by atoms with E-state index in [-0.39, 0.29) is 11.3 Å². The highest BCUT2D eigenvalue weighted by molar-refractivity contribution is 5.81. The molecule has 4 nitrogen and oxygen atoms in total. The van der Waals surface area contributed by atoms with Gasteiger partial charge in [-0.1, -0.05) is 0 Å². The summed E-state index contributed by atoms with van der Waals surface area (Å²) in [5.74, 6) is 2.24. The Morgan fingerprint density at radius 1 is 1.05 bits per heavy atom. The number of hydrogen-bond donors (Lipinski definition) is 1. The van der Waals surface area contributed by atoms with Gasteiger partial charge in [0.05, 0.1) is 0 Å². The van der Waals surface area contributed by atoms with Crippen LogP contribution in [0.5, 0.6) is 0 Å². The molecular weight excluding hydrogens is 250 g/mol. The summed E-state index contributed by atoms with van der Waals surface area (Å²) in [4.78, 5) is 17.1. The molecule has 1 saturated heterocycles. The molecule has 0 aromatic heterocycles. The number of carbonyl (C=O) groups is 1. The lowest BCUT2D eigenvalue weighted by Crippen LogP contribution is -2.64. The largest absolute Gasteiger partial charge is 0.369 e. The van der Waals surface area contributed by atoms with Gasteiger partial charge in [0.25, 0.3) is 0 Å². The van der Waals surface area contributed by atoms with Gasteiger partial charge in [-0.05, 0) is 56.9 Å². The second kappa shape index (κ2) is 4.44. The van der Waals surface area contributed by atoms with E-state index in [1.54, 1.807) is 0 Å². The van der Waals surface area contributed by atoms with Crippen LogP contribution in [0.3, 0.4) is 0 Å². The minimum Gasteiger partial charge on any atom is -0.369 e. The lowest BCUT2D eigenvalue weighted by atomic mass is 9.47. The first-order valence-corrected chi connectivity index (χ1v) is 8.30. The molecule has 1 heterocycles. The zero-order valence-electron chi connectivity index (χ0n) is 12.6. The predicted octanol–water partition coefficient (Wildman–Crippen LogP) is 0.914. The normalized spacial score (nSPS) is 48.6. The summed E-state index contributed by atoms with van der Waals surface area (Å²) in [5, 5.41) is 0. The van der Waals surface area contributed by atoms with Gasteiger partial charge in [0, 0.05) is 37.6 Å². The van der Waals surface area contributed by atoms with Crippen LogP contribution >= 0.6 is 0 Å². The van der Waals surface area contributed by atoms with E-state index in [2.05, 4.69) is 16.8 Å². The minimum atomic E-state index is -0.125. The third-order valence-electron chi connectivity index (χ3n) is 6.71. The van der Waals surface area contributed by atoms with E-state index >= 15 is 0 Å². The Bertz CT molecular complexity index is 400. The van der Waals surface area contributed by atoms with Gasteiger partial charge in [-0.3, -0.25) is 9.69 Å². The van der Waals surface area contributed by atoms with Crippen LogP contribution in [0.25, 0.3) is 0 Å². The highest BCUT2D eigenvalue weighted by atomic mass is 16.1. The molecule has 4 aliphatic carbocycles. The molecule has 5 fully saturated rings. The minimum absolute atomic E-state index is 0.00581. The molecule has 112 valence electrons. The fourth-order valence-corrected chi connectivity index (χ4v) is 6.02. The Hall–Kier alpha value is -0.610. The molecular formula is C16H27N3O. The number of piperazine rings is 1. The van der Waals surface area contributed by atoms with E-state index in [0.29, 0.717) is 0 Å². The van der Waals surface area contributed by atoms with Gasteiger partial charge in [-0.2, -0.15) is 0 Å². The van der Waals surface area contributed by atoms with Gasteiger partial charge in [0.15, 0.2) is 0 Å². The van der Waals surface area contributed by atoms with Gasteiger partial charge in [0.2, 0.25) is 5.91 Å². The summed E-state index contributed by atoms with van der Waals surface area (Å²) in [7, 11) is 2.22. The lowest BCUT2D eigenvalue weighted by Gasteiger charge is -2.61. The molecule has 1 amide bonds. The van der Waals surface area contributed by atoms with Crippen molar-refractivity contribution in [2.24, 2.45) is 28.9 Å². The summed E-state index contributed by atoms with van der Waals surface area (Å²) in [6.45, 7) is 4.81. The number of amides is 1. The maximum Gasteiger partial charge on any atom is 0.223 e. The molecule has 2 unspecified atom stereocenters. The first kappa shape index (κ1) is 13.1. The van der Waals surface area contributed by atoms with Gasteiger partial charge < -0.3 is 10.6 Å². The maximum absolute atomic E-state index is 12.0. The summed E-state index contributed by atoms with van der Waals surface area (Å²) in [6.07, 6.45) is 5.94. The zero-order valence-corrected chi connectivity index (χ0v) is 12.6. The smallest absolute Gasteiger partial charge is 0.223 e. The lowest BCUT2D eigenvalue weighted by molar-refractivity contribution is -0.154. The summed E-state index contributed by atoms with van der Waals surface area (Å²) in [6, 6.07) is 0.743. The fourth-order valence-electron chi connectivity index (χ4n) is 6.02. The highest BCUT2D eigenvalue weighted by Crippen LogP contribution is 2.60. The molecule has 0 aromatic carbocycles. The Labute approximate surface area is 121 Å². The van der Waals surface area contributed by atoms with Gasteiger partial charge >= 0.3 is 0 Å². The van der Waals surface area contributed by atoms with Crippen molar-refractivity contribution in [3.8, 4) is 0 Å². The third kappa shape index (κ3) is 1.84. The standard InChI is InChI=1S/C16H27N3O/c1-18-2-4-19(5-3-18)14-12-6-11-7-13(14)10-16(8-11,9-12)15(17)20/h11-14H,2-10H2,1H3,(H2,17,20). The quantitative estimate of drug-likeness (QED) is 0.816. The highest BCUT2D eigenvalue weighted by Gasteiger charge is 2.58. The Balaban J connectivity index is 1.55.